The van der Waals surface area contributed by atoms with Crippen LogP contribution in [0.4, 0.5) is 20.6 Å². The maximum atomic E-state index is 13.7. The number of hydrogen-bond acceptors (Lipinski definition) is 5. The van der Waals surface area contributed by atoms with E-state index in [1.54, 1.807) is 12.1 Å². The lowest BCUT2D eigenvalue weighted by molar-refractivity contribution is -0.114. The maximum absolute atomic E-state index is 13.7. The zero-order valence-electron chi connectivity index (χ0n) is 19.7. The molecule has 3 rings (SSSR count). The van der Waals surface area contributed by atoms with Crippen molar-refractivity contribution < 1.29 is 27.5 Å². The molecule has 8 nitrogen and oxygen atoms in total. The van der Waals surface area contributed by atoms with E-state index in [-0.39, 0.29) is 26.9 Å². The van der Waals surface area contributed by atoms with E-state index in [1.807, 2.05) is 25.7 Å². The minimum Gasteiger partial charge on any atom is -0.465 e. The summed E-state index contributed by atoms with van der Waals surface area (Å²) in [6, 6.07) is 9.00. The Hall–Kier alpha value is -3.14. The van der Waals surface area contributed by atoms with Crippen molar-refractivity contribution in [3.63, 3.8) is 0 Å². The molecule has 0 saturated carbocycles. The highest BCUT2D eigenvalue weighted by atomic mass is 32.2. The van der Waals surface area contributed by atoms with Crippen molar-refractivity contribution in [2.24, 2.45) is 5.41 Å². The van der Waals surface area contributed by atoms with Crippen LogP contribution < -0.4 is 10.2 Å². The first-order chi connectivity index (χ1) is 15.8. The molecule has 2 aromatic carbocycles. The summed E-state index contributed by atoms with van der Waals surface area (Å²) in [5.74, 6) is -1.13. The van der Waals surface area contributed by atoms with Crippen LogP contribution in [-0.4, -0.2) is 56.1 Å². The lowest BCUT2D eigenvalue weighted by Gasteiger charge is -2.39. The molecule has 0 spiro atoms. The third-order valence-corrected chi connectivity index (χ3v) is 7.69. The van der Waals surface area contributed by atoms with Gasteiger partial charge in [-0.2, -0.15) is 0 Å². The Labute approximate surface area is 199 Å². The van der Waals surface area contributed by atoms with Crippen molar-refractivity contribution in [2.75, 3.05) is 29.9 Å². The van der Waals surface area contributed by atoms with Gasteiger partial charge in [-0.05, 0) is 48.2 Å². The molecule has 1 saturated heterocycles. The van der Waals surface area contributed by atoms with E-state index in [2.05, 4.69) is 5.32 Å². The maximum Gasteiger partial charge on any atom is 0.407 e. The first-order valence-electron chi connectivity index (χ1n) is 11.0. The SMILES string of the molecule is CC(=O)Nc1cc(N2CCCN(C(=O)O)C(C(C)(C)C)C2)ccc1S(=O)(=O)c1cccc(F)c1. The normalized spacial score (nSPS) is 17.3. The van der Waals surface area contributed by atoms with Crippen molar-refractivity contribution >= 4 is 33.2 Å². The van der Waals surface area contributed by atoms with E-state index in [1.165, 1.54) is 30.0 Å². The van der Waals surface area contributed by atoms with Gasteiger partial charge in [-0.3, -0.25) is 4.79 Å². The first-order valence-corrected chi connectivity index (χ1v) is 12.5. The Bertz CT molecular complexity index is 1190. The monoisotopic (exact) mass is 491 g/mol. The van der Waals surface area contributed by atoms with Crippen LogP contribution in [0.15, 0.2) is 52.3 Å². The second-order valence-electron chi connectivity index (χ2n) is 9.48. The molecule has 1 heterocycles. The van der Waals surface area contributed by atoms with Crippen LogP contribution in [0, 0.1) is 11.2 Å². The third kappa shape index (κ3) is 5.49. The van der Waals surface area contributed by atoms with Crippen molar-refractivity contribution in [1.82, 2.24) is 4.90 Å². The fraction of sp³-hybridized carbons (Fsp3) is 0.417. The van der Waals surface area contributed by atoms with E-state index in [0.29, 0.717) is 31.7 Å². The predicted octanol–water partition coefficient (Wildman–Crippen LogP) is 4.22. The Kier molecular flexibility index (Phi) is 7.21. The van der Waals surface area contributed by atoms with E-state index in [0.717, 1.165) is 12.1 Å². The molecule has 1 aliphatic heterocycles. The van der Waals surface area contributed by atoms with Crippen molar-refractivity contribution in [1.29, 1.82) is 0 Å². The molecule has 0 aliphatic carbocycles. The molecule has 184 valence electrons. The number of carbonyl (C=O) groups is 2. The number of carbonyl (C=O) groups excluding carboxylic acids is 1. The molecule has 2 N–H and O–H groups in total. The average molecular weight is 492 g/mol. The topological polar surface area (TPSA) is 107 Å². The molecule has 0 bridgehead atoms. The summed E-state index contributed by atoms with van der Waals surface area (Å²) < 4.78 is 40.2. The Morgan fingerprint density at radius 2 is 1.82 bits per heavy atom. The van der Waals surface area contributed by atoms with Gasteiger partial charge < -0.3 is 20.2 Å². The molecule has 34 heavy (non-hydrogen) atoms. The lowest BCUT2D eigenvalue weighted by Crippen LogP contribution is -2.51. The zero-order chi connectivity index (χ0) is 25.3. The number of rotatable bonds is 4. The molecule has 2 amide bonds. The van der Waals surface area contributed by atoms with Gasteiger partial charge in [-0.25, -0.2) is 17.6 Å². The van der Waals surface area contributed by atoms with E-state index in [4.69, 9.17) is 0 Å². The fourth-order valence-corrected chi connectivity index (χ4v) is 5.61. The van der Waals surface area contributed by atoms with Crippen LogP contribution in [-0.2, 0) is 14.6 Å². The van der Waals surface area contributed by atoms with Crippen LogP contribution in [0.2, 0.25) is 0 Å². The van der Waals surface area contributed by atoms with E-state index < -0.39 is 27.7 Å². The van der Waals surface area contributed by atoms with Gasteiger partial charge in [0.1, 0.15) is 5.82 Å². The summed E-state index contributed by atoms with van der Waals surface area (Å²) in [7, 11) is -4.11. The number of halogens is 1. The summed E-state index contributed by atoms with van der Waals surface area (Å²) in [5.41, 5.74) is 0.409. The van der Waals surface area contributed by atoms with Gasteiger partial charge in [0, 0.05) is 32.2 Å². The van der Waals surface area contributed by atoms with Crippen LogP contribution >= 0.6 is 0 Å². The molecule has 10 heteroatoms. The van der Waals surface area contributed by atoms with E-state index >= 15 is 0 Å². The third-order valence-electron chi connectivity index (χ3n) is 5.88. The average Bonchev–Trinajstić information content (AvgIpc) is 2.96. The fourth-order valence-electron chi connectivity index (χ4n) is 4.19. The summed E-state index contributed by atoms with van der Waals surface area (Å²) >= 11 is 0. The number of benzene rings is 2. The highest BCUT2D eigenvalue weighted by Gasteiger charge is 2.37. The van der Waals surface area contributed by atoms with Gasteiger partial charge in [0.05, 0.1) is 21.5 Å². The molecule has 1 aliphatic rings. The lowest BCUT2D eigenvalue weighted by atomic mass is 9.85. The number of sulfone groups is 1. The van der Waals surface area contributed by atoms with Crippen LogP contribution in [0.3, 0.4) is 0 Å². The van der Waals surface area contributed by atoms with Crippen LogP contribution in [0.5, 0.6) is 0 Å². The van der Waals surface area contributed by atoms with Crippen molar-refractivity contribution in [2.45, 2.75) is 49.9 Å². The van der Waals surface area contributed by atoms with Gasteiger partial charge in [-0.15, -0.1) is 0 Å². The molecule has 0 aromatic heterocycles. The van der Waals surface area contributed by atoms with Crippen LogP contribution in [0.25, 0.3) is 0 Å². The molecule has 2 aromatic rings. The molecular weight excluding hydrogens is 461 g/mol. The summed E-state index contributed by atoms with van der Waals surface area (Å²) in [6.45, 7) is 8.57. The number of nitrogens with one attached hydrogen (secondary N) is 1. The standard InChI is InChI=1S/C24H30FN3O5S/c1-16(29)26-20-14-18(9-10-21(20)34(32,33)19-8-5-7-17(25)13-19)27-11-6-12-28(23(30)31)22(15-27)24(2,3)4/h5,7-10,13-14,22H,6,11-12,15H2,1-4H3,(H,26,29)(H,30,31). The highest BCUT2D eigenvalue weighted by molar-refractivity contribution is 7.91. The van der Waals surface area contributed by atoms with Crippen molar-refractivity contribution in [3.05, 3.63) is 48.3 Å². The predicted molar refractivity (Wildman–Crippen MR) is 127 cm³/mol. The minimum atomic E-state index is -4.11. The molecule has 0 radical (unpaired) electrons. The molecule has 1 fully saturated rings. The quantitative estimate of drug-likeness (QED) is 0.663. The first kappa shape index (κ1) is 25.5. The molecular formula is C24H30FN3O5S. The Morgan fingerprint density at radius 3 is 2.41 bits per heavy atom. The second kappa shape index (κ2) is 9.61. The summed E-state index contributed by atoms with van der Waals surface area (Å²) in [4.78, 5) is 26.8. The second-order valence-corrected chi connectivity index (χ2v) is 11.4. The number of anilines is 2. The minimum absolute atomic E-state index is 0.0842. The van der Waals surface area contributed by atoms with Gasteiger partial charge >= 0.3 is 6.09 Å². The van der Waals surface area contributed by atoms with Gasteiger partial charge in [-0.1, -0.05) is 26.8 Å². The van der Waals surface area contributed by atoms with Gasteiger partial charge in [0.25, 0.3) is 0 Å². The Morgan fingerprint density at radius 1 is 1.12 bits per heavy atom. The summed E-state index contributed by atoms with van der Waals surface area (Å²) in [5, 5.41) is 12.3. The number of hydrogen-bond donors (Lipinski definition) is 2. The summed E-state index contributed by atoms with van der Waals surface area (Å²) in [6.07, 6.45) is -0.380. The number of amides is 2. The van der Waals surface area contributed by atoms with Gasteiger partial charge in [0.15, 0.2) is 0 Å². The zero-order valence-corrected chi connectivity index (χ0v) is 20.5. The van der Waals surface area contributed by atoms with E-state index in [9.17, 15) is 27.5 Å². The number of carboxylic acid groups (broad SMARTS) is 1. The van der Waals surface area contributed by atoms with Crippen LogP contribution in [0.1, 0.15) is 34.1 Å². The van der Waals surface area contributed by atoms with Crippen molar-refractivity contribution in [3.8, 4) is 0 Å². The Balaban J connectivity index is 2.05. The smallest absolute Gasteiger partial charge is 0.407 e. The number of nitrogens with zero attached hydrogens (tertiary/aromatic N) is 2. The largest absolute Gasteiger partial charge is 0.465 e. The highest BCUT2D eigenvalue weighted by Crippen LogP contribution is 2.34. The molecule has 1 atom stereocenters. The molecule has 1 unspecified atom stereocenters. The van der Waals surface area contributed by atoms with Gasteiger partial charge in [0.2, 0.25) is 15.7 Å².